The van der Waals surface area contributed by atoms with Gasteiger partial charge in [0.05, 0.1) is 0 Å². The van der Waals surface area contributed by atoms with E-state index in [0.717, 1.165) is 21.0 Å². The van der Waals surface area contributed by atoms with Crippen LogP contribution in [0.4, 0.5) is 0 Å². The van der Waals surface area contributed by atoms with Crippen LogP contribution in [0.5, 0.6) is 0 Å². The van der Waals surface area contributed by atoms with Gasteiger partial charge in [-0.15, -0.1) is 10.2 Å². The van der Waals surface area contributed by atoms with E-state index >= 15 is 0 Å². The van der Waals surface area contributed by atoms with Crippen LogP contribution >= 0.6 is 23.1 Å². The minimum Gasteiger partial charge on any atom is -0.143 e. The van der Waals surface area contributed by atoms with Gasteiger partial charge in [-0.2, -0.15) is 0 Å². The van der Waals surface area contributed by atoms with Crippen molar-refractivity contribution < 1.29 is 0 Å². The lowest BCUT2D eigenvalue weighted by molar-refractivity contribution is -0.00414. The molecule has 160 valence electrons. The highest BCUT2D eigenvalue weighted by Crippen LogP contribution is 2.57. The minimum atomic E-state index is 0.287. The molecule has 2 atom stereocenters. The Kier molecular flexibility index (Phi) is 7.51. The lowest BCUT2D eigenvalue weighted by Gasteiger charge is -2.53. The van der Waals surface area contributed by atoms with Gasteiger partial charge in [0.25, 0.3) is 0 Å². The lowest BCUT2D eigenvalue weighted by atomic mass is 9.52. The molecule has 1 aromatic heterocycles. The van der Waals surface area contributed by atoms with Gasteiger partial charge in [0.15, 0.2) is 4.34 Å². The van der Waals surface area contributed by atoms with Crippen LogP contribution in [0.1, 0.15) is 86.1 Å². The van der Waals surface area contributed by atoms with E-state index < -0.39 is 0 Å². The second-order valence-corrected chi connectivity index (χ2v) is 14.2. The Morgan fingerprint density at radius 2 is 1.89 bits per heavy atom. The molecule has 28 heavy (non-hydrogen) atoms. The average molecular weight is 423 g/mol. The summed E-state index contributed by atoms with van der Waals surface area (Å²) in [7, 11) is 0. The fraction of sp³-hybridized carbons (Fsp3) is 0.833. The van der Waals surface area contributed by atoms with E-state index in [9.17, 15) is 0 Å². The molecule has 2 rings (SSSR count). The first-order chi connectivity index (χ1) is 12.7. The number of nitrogens with zero attached hydrogens (tertiary/aromatic N) is 2. The molecule has 1 fully saturated rings. The van der Waals surface area contributed by atoms with Crippen molar-refractivity contribution in [2.45, 2.75) is 92.3 Å². The van der Waals surface area contributed by atoms with Crippen LogP contribution in [0.25, 0.3) is 0 Å². The van der Waals surface area contributed by atoms with Crippen molar-refractivity contribution in [2.75, 3.05) is 5.75 Å². The zero-order valence-corrected chi connectivity index (χ0v) is 21.3. The zero-order chi connectivity index (χ0) is 21.3. The van der Waals surface area contributed by atoms with Gasteiger partial charge >= 0.3 is 0 Å². The number of aryl methyl sites for hydroxylation is 1. The van der Waals surface area contributed by atoms with Crippen molar-refractivity contribution >= 4 is 23.1 Å². The Morgan fingerprint density at radius 1 is 1.25 bits per heavy atom. The van der Waals surface area contributed by atoms with E-state index in [1.807, 2.05) is 18.7 Å². The highest BCUT2D eigenvalue weighted by molar-refractivity contribution is 8.01. The van der Waals surface area contributed by atoms with Crippen molar-refractivity contribution in [3.63, 3.8) is 0 Å². The lowest BCUT2D eigenvalue weighted by Crippen LogP contribution is -2.44. The number of thioether (sulfide) groups is 1. The predicted molar refractivity (Wildman–Crippen MR) is 126 cm³/mol. The standard InChI is InChI=1S/C24H42N2S2/c1-16(2)11-22(5,6)12-19-13-23(7,8)15-24(9,10)20(19)17(3)14-27-21-26-25-18(4)28-21/h16,19-20H,3,11-15H2,1-2,4-10H3. The second kappa shape index (κ2) is 8.79. The molecule has 1 saturated carbocycles. The van der Waals surface area contributed by atoms with Crippen LogP contribution in [0.2, 0.25) is 0 Å². The topological polar surface area (TPSA) is 25.8 Å². The molecular formula is C24H42N2S2. The summed E-state index contributed by atoms with van der Waals surface area (Å²) >= 11 is 3.51. The molecule has 0 saturated heterocycles. The Bertz CT molecular complexity index is 670. The predicted octanol–water partition coefficient (Wildman–Crippen LogP) is 8.04. The Balaban J connectivity index is 2.20. The Labute approximate surface area is 182 Å². The quantitative estimate of drug-likeness (QED) is 0.313. The van der Waals surface area contributed by atoms with E-state index in [2.05, 4.69) is 72.2 Å². The SMILES string of the molecule is C=C(CSc1nnc(C)s1)C1C(CC(C)(C)CC(C)C)CC(C)(C)CC1(C)C. The van der Waals surface area contributed by atoms with Crippen LogP contribution in [-0.2, 0) is 0 Å². The molecule has 0 radical (unpaired) electrons. The molecule has 0 aliphatic heterocycles. The van der Waals surface area contributed by atoms with Crippen LogP contribution in [0.15, 0.2) is 16.5 Å². The maximum Gasteiger partial charge on any atom is 0.174 e. The van der Waals surface area contributed by atoms with Gasteiger partial charge in [-0.1, -0.05) is 90.6 Å². The molecule has 0 spiro atoms. The summed E-state index contributed by atoms with van der Waals surface area (Å²) < 4.78 is 1.07. The van der Waals surface area contributed by atoms with Crippen molar-refractivity contribution in [3.05, 3.63) is 17.2 Å². The highest BCUT2D eigenvalue weighted by Gasteiger charge is 2.48. The molecular weight excluding hydrogens is 380 g/mol. The first-order valence-corrected chi connectivity index (χ1v) is 12.6. The molecule has 0 aromatic carbocycles. The number of aromatic nitrogens is 2. The maximum atomic E-state index is 4.62. The van der Waals surface area contributed by atoms with E-state index in [0.29, 0.717) is 22.7 Å². The third-order valence-corrected chi connectivity index (χ3v) is 8.25. The summed E-state index contributed by atoms with van der Waals surface area (Å²) in [6, 6.07) is 0. The molecule has 1 aromatic rings. The highest BCUT2D eigenvalue weighted by atomic mass is 32.2. The summed E-state index contributed by atoms with van der Waals surface area (Å²) in [6.07, 6.45) is 5.17. The largest absolute Gasteiger partial charge is 0.174 e. The van der Waals surface area contributed by atoms with Crippen molar-refractivity contribution in [1.82, 2.24) is 10.2 Å². The number of hydrogen-bond acceptors (Lipinski definition) is 4. The molecule has 4 heteroatoms. The molecule has 1 aliphatic carbocycles. The summed E-state index contributed by atoms with van der Waals surface area (Å²) in [6.45, 7) is 26.2. The van der Waals surface area contributed by atoms with Gasteiger partial charge in [0.1, 0.15) is 5.01 Å². The fourth-order valence-corrected chi connectivity index (χ4v) is 8.21. The third-order valence-electron chi connectivity index (χ3n) is 6.17. The van der Waals surface area contributed by atoms with E-state index in [1.165, 1.54) is 31.3 Å². The smallest absolute Gasteiger partial charge is 0.143 e. The Morgan fingerprint density at radius 3 is 2.43 bits per heavy atom. The van der Waals surface area contributed by atoms with Crippen molar-refractivity contribution in [1.29, 1.82) is 0 Å². The monoisotopic (exact) mass is 422 g/mol. The summed E-state index contributed by atoms with van der Waals surface area (Å²) in [5.41, 5.74) is 2.48. The van der Waals surface area contributed by atoms with Crippen molar-refractivity contribution in [2.24, 2.45) is 34.0 Å². The normalized spacial score (nSPS) is 24.5. The van der Waals surface area contributed by atoms with Gasteiger partial charge < -0.3 is 0 Å². The van der Waals surface area contributed by atoms with Crippen LogP contribution in [-0.4, -0.2) is 16.0 Å². The molecule has 2 nitrogen and oxygen atoms in total. The fourth-order valence-electron chi connectivity index (χ4n) is 6.44. The zero-order valence-electron chi connectivity index (χ0n) is 19.7. The first-order valence-electron chi connectivity index (χ1n) is 10.8. The van der Waals surface area contributed by atoms with Gasteiger partial charge in [0, 0.05) is 5.75 Å². The van der Waals surface area contributed by atoms with E-state index in [4.69, 9.17) is 0 Å². The molecule has 2 unspecified atom stereocenters. The number of hydrogen-bond donors (Lipinski definition) is 0. The molecule has 1 heterocycles. The summed E-state index contributed by atoms with van der Waals surface area (Å²) in [5.74, 6) is 2.99. The molecule has 0 N–H and O–H groups in total. The van der Waals surface area contributed by atoms with Gasteiger partial charge in [-0.25, -0.2) is 0 Å². The van der Waals surface area contributed by atoms with Crippen molar-refractivity contribution in [3.8, 4) is 0 Å². The summed E-state index contributed by atoms with van der Waals surface area (Å²) in [5, 5.41) is 9.50. The van der Waals surface area contributed by atoms with E-state index in [-0.39, 0.29) is 5.41 Å². The van der Waals surface area contributed by atoms with Gasteiger partial charge in [-0.05, 0) is 66.6 Å². The van der Waals surface area contributed by atoms with Gasteiger partial charge in [-0.3, -0.25) is 0 Å². The third kappa shape index (κ3) is 6.58. The maximum absolute atomic E-state index is 4.62. The summed E-state index contributed by atoms with van der Waals surface area (Å²) in [4.78, 5) is 0. The van der Waals surface area contributed by atoms with E-state index in [1.54, 1.807) is 11.3 Å². The molecule has 0 bridgehead atoms. The number of rotatable bonds is 8. The average Bonchev–Trinajstić information content (AvgIpc) is 2.85. The Hall–Kier alpha value is -0.350. The van der Waals surface area contributed by atoms with Crippen LogP contribution in [0.3, 0.4) is 0 Å². The van der Waals surface area contributed by atoms with Crippen LogP contribution in [0, 0.1) is 40.9 Å². The van der Waals surface area contributed by atoms with Gasteiger partial charge in [0.2, 0.25) is 0 Å². The molecule has 1 aliphatic rings. The first kappa shape index (κ1) is 23.9. The van der Waals surface area contributed by atoms with Crippen LogP contribution < -0.4 is 0 Å². The second-order valence-electron chi connectivity index (χ2n) is 11.8. The molecule has 0 amide bonds. The minimum absolute atomic E-state index is 0.287.